The Kier molecular flexibility index (Phi) is 4.37. The monoisotopic (exact) mass is 478 g/mol. The first-order chi connectivity index (χ1) is 8.56. The first-order valence-electron chi connectivity index (χ1n) is 5.32. The van der Waals surface area contributed by atoms with Crippen LogP contribution in [0.15, 0.2) is 0 Å². The summed E-state index contributed by atoms with van der Waals surface area (Å²) < 4.78 is -7.57. The highest BCUT2D eigenvalue weighted by Crippen LogP contribution is 2.91. The molecule has 0 saturated heterocycles. The molecule has 0 amide bonds. The van der Waals surface area contributed by atoms with Gasteiger partial charge in [0.05, 0.1) is 0 Å². The van der Waals surface area contributed by atoms with Crippen molar-refractivity contribution in [2.75, 3.05) is 5.88 Å². The third-order valence-corrected chi connectivity index (χ3v) is 12.6. The fourth-order valence-electron chi connectivity index (χ4n) is 3.41. The van der Waals surface area contributed by atoms with Gasteiger partial charge in [-0.25, -0.2) is 0 Å². The molecule has 0 spiro atoms. The van der Waals surface area contributed by atoms with Crippen molar-refractivity contribution in [3.63, 3.8) is 0 Å². The third-order valence-electron chi connectivity index (χ3n) is 5.04. The molecule has 0 heterocycles. The van der Waals surface area contributed by atoms with Gasteiger partial charge in [-0.15, -0.1) is 23.2 Å². The zero-order valence-corrected chi connectivity index (χ0v) is 17.5. The van der Waals surface area contributed by atoms with Crippen LogP contribution in [-0.2, 0) is 0 Å². The van der Waals surface area contributed by atoms with Crippen LogP contribution in [0.5, 0.6) is 0 Å². The van der Waals surface area contributed by atoms with Gasteiger partial charge >= 0.3 is 0 Å². The average molecular weight is 483 g/mol. The molecule has 118 valence electrons. The summed E-state index contributed by atoms with van der Waals surface area (Å²) in [7, 11) is 0. The van der Waals surface area contributed by atoms with Gasteiger partial charge in [-0.05, 0) is 0 Å². The van der Waals surface area contributed by atoms with E-state index in [1.54, 1.807) is 13.8 Å². The van der Waals surface area contributed by atoms with Crippen LogP contribution in [0.3, 0.4) is 0 Å². The molecule has 2 rings (SSSR count). The van der Waals surface area contributed by atoms with E-state index >= 15 is 0 Å². The summed E-state index contributed by atoms with van der Waals surface area (Å²) in [6, 6.07) is 0. The summed E-state index contributed by atoms with van der Waals surface area (Å²) in [6.07, 6.45) is 0. The molecule has 2 fully saturated rings. The Labute approximate surface area is 167 Å². The summed E-state index contributed by atoms with van der Waals surface area (Å²) in [6.45, 7) is 3.23. The van der Waals surface area contributed by atoms with Crippen molar-refractivity contribution < 1.29 is 0 Å². The first-order valence-corrected chi connectivity index (χ1v) is 9.26. The number of hydrogen-bond donors (Lipinski definition) is 0. The van der Waals surface area contributed by atoms with Gasteiger partial charge in [0, 0.05) is 16.7 Å². The molecular formula is C10H8Cl10. The quantitative estimate of drug-likeness (QED) is 0.355. The lowest BCUT2D eigenvalue weighted by Crippen LogP contribution is -2.69. The molecule has 2 saturated carbocycles. The minimum atomic E-state index is -1.94. The Morgan fingerprint density at radius 1 is 0.600 bits per heavy atom. The molecular weight excluding hydrogens is 475 g/mol. The molecule has 0 N–H and O–H groups in total. The minimum Gasteiger partial charge on any atom is -0.126 e. The second kappa shape index (κ2) is 4.54. The molecule has 0 aromatic heterocycles. The van der Waals surface area contributed by atoms with Crippen LogP contribution in [0, 0.1) is 10.8 Å². The highest BCUT2D eigenvalue weighted by molar-refractivity contribution is 6.74. The number of hydrogen-bond acceptors (Lipinski definition) is 0. The van der Waals surface area contributed by atoms with Crippen molar-refractivity contribution in [3.8, 4) is 0 Å². The normalized spacial score (nSPS) is 50.4. The van der Waals surface area contributed by atoms with Gasteiger partial charge in [-0.2, -0.15) is 0 Å². The average Bonchev–Trinajstić information content (AvgIpc) is 2.43. The molecule has 2 aliphatic rings. The van der Waals surface area contributed by atoms with Crippen molar-refractivity contribution in [1.82, 2.24) is 0 Å². The topological polar surface area (TPSA) is 0 Å². The number of halogens is 10. The molecule has 1 unspecified atom stereocenters. The van der Waals surface area contributed by atoms with Crippen molar-refractivity contribution in [2.45, 2.75) is 36.1 Å². The predicted octanol–water partition coefficient (Wildman–Crippen LogP) is 6.94. The Hall–Kier alpha value is 2.90. The van der Waals surface area contributed by atoms with Gasteiger partial charge in [-0.1, -0.05) is 107 Å². The maximum absolute atomic E-state index is 6.70. The van der Waals surface area contributed by atoms with Crippen LogP contribution in [0.4, 0.5) is 0 Å². The van der Waals surface area contributed by atoms with Gasteiger partial charge in [0.1, 0.15) is 4.87 Å². The van der Waals surface area contributed by atoms with Gasteiger partial charge in [-0.3, -0.25) is 0 Å². The number of fused-ring (bicyclic) bond motifs is 2. The molecule has 0 radical (unpaired) electrons. The van der Waals surface area contributed by atoms with Crippen molar-refractivity contribution >= 4 is 116 Å². The highest BCUT2D eigenvalue weighted by atomic mass is 35.6. The van der Waals surface area contributed by atoms with Crippen LogP contribution < -0.4 is 0 Å². The van der Waals surface area contributed by atoms with E-state index in [-0.39, 0.29) is 5.88 Å². The summed E-state index contributed by atoms with van der Waals surface area (Å²) >= 11 is 64.1. The Morgan fingerprint density at radius 2 is 0.900 bits per heavy atom. The summed E-state index contributed by atoms with van der Waals surface area (Å²) in [5, 5.41) is 0. The van der Waals surface area contributed by atoms with E-state index < -0.39 is 33.0 Å². The minimum absolute atomic E-state index is 0.0578. The fourth-order valence-corrected chi connectivity index (χ4v) is 9.19. The zero-order chi connectivity index (χ0) is 16.2. The molecule has 0 aliphatic heterocycles. The highest BCUT2D eigenvalue weighted by Gasteiger charge is 3.00. The summed E-state index contributed by atoms with van der Waals surface area (Å²) in [4.78, 5) is -1.79. The summed E-state index contributed by atoms with van der Waals surface area (Å²) in [5.41, 5.74) is -2.54. The van der Waals surface area contributed by atoms with E-state index in [2.05, 4.69) is 0 Å². The first kappa shape index (κ1) is 19.2. The zero-order valence-electron chi connectivity index (χ0n) is 9.99. The molecule has 10 heteroatoms. The lowest BCUT2D eigenvalue weighted by atomic mass is 9.70. The summed E-state index contributed by atoms with van der Waals surface area (Å²) in [5.74, 6) is -0.0578. The molecule has 0 aromatic carbocycles. The maximum atomic E-state index is 6.70. The Bertz CT molecular complexity index is 399. The standard InChI is InChI=1S/C10H8Cl10/c1-4(3-11)5(2)7(13,14)9(17,18)6(4,12)10(19,20)8(5,15)16/h3H2,1-2H3. The van der Waals surface area contributed by atoms with E-state index in [0.717, 1.165) is 0 Å². The van der Waals surface area contributed by atoms with Crippen LogP contribution >= 0.6 is 116 Å². The second-order valence-corrected chi connectivity index (χ2v) is 11.7. The molecule has 2 aliphatic carbocycles. The molecule has 20 heavy (non-hydrogen) atoms. The lowest BCUT2D eigenvalue weighted by molar-refractivity contribution is 0.146. The largest absolute Gasteiger partial charge is 0.174 e. The van der Waals surface area contributed by atoms with Gasteiger partial charge in [0.25, 0.3) is 0 Å². The van der Waals surface area contributed by atoms with Gasteiger partial charge < -0.3 is 0 Å². The van der Waals surface area contributed by atoms with E-state index in [9.17, 15) is 0 Å². The smallest absolute Gasteiger partial charge is 0.126 e. The van der Waals surface area contributed by atoms with Crippen LogP contribution in [0.25, 0.3) is 0 Å². The van der Waals surface area contributed by atoms with Crippen molar-refractivity contribution in [3.05, 3.63) is 0 Å². The lowest BCUT2D eigenvalue weighted by Gasteiger charge is -2.55. The second-order valence-electron chi connectivity index (χ2n) is 5.55. The van der Waals surface area contributed by atoms with Crippen LogP contribution in [-0.4, -0.2) is 28.1 Å². The number of alkyl halides is 10. The fraction of sp³-hybridized carbons (Fsp3) is 1.00. The van der Waals surface area contributed by atoms with Crippen LogP contribution in [0.1, 0.15) is 13.8 Å². The number of rotatable bonds is 1. The SMILES string of the molecule is CC1(CCl)C2(C)C(Cl)(Cl)C(Cl)(Cl)C1(Cl)C(Cl)(Cl)C2(Cl)Cl. The van der Waals surface area contributed by atoms with Gasteiger partial charge in [0.15, 0.2) is 17.3 Å². The molecule has 0 nitrogen and oxygen atoms in total. The van der Waals surface area contributed by atoms with E-state index in [0.29, 0.717) is 0 Å². The maximum Gasteiger partial charge on any atom is 0.174 e. The molecule has 1 atom stereocenters. The predicted molar refractivity (Wildman–Crippen MR) is 93.3 cm³/mol. The molecule has 2 bridgehead atoms. The van der Waals surface area contributed by atoms with Gasteiger partial charge in [0.2, 0.25) is 0 Å². The van der Waals surface area contributed by atoms with Crippen molar-refractivity contribution in [2.24, 2.45) is 10.8 Å². The van der Waals surface area contributed by atoms with E-state index in [4.69, 9.17) is 116 Å². The van der Waals surface area contributed by atoms with Crippen molar-refractivity contribution in [1.29, 1.82) is 0 Å². The molecule has 0 aromatic rings. The van der Waals surface area contributed by atoms with E-state index in [1.165, 1.54) is 0 Å². The Balaban J connectivity index is 3.01. The van der Waals surface area contributed by atoms with Crippen LogP contribution in [0.2, 0.25) is 0 Å². The van der Waals surface area contributed by atoms with E-state index in [1.807, 2.05) is 0 Å². The third kappa shape index (κ3) is 1.36. The Morgan fingerprint density at radius 3 is 1.05 bits per heavy atom.